The SMILES string of the molecule is COc1cc(OC)c(C(=O)OC(C(=O)CCN2CCCCC2)c2cccs2)c(OC)c1. The molecule has 7 nitrogen and oxygen atoms in total. The van der Waals surface area contributed by atoms with Crippen molar-refractivity contribution in [1.82, 2.24) is 4.90 Å². The molecule has 0 aliphatic carbocycles. The first-order valence-corrected chi connectivity index (χ1v) is 11.2. The van der Waals surface area contributed by atoms with Gasteiger partial charge in [0, 0.05) is 25.1 Å². The van der Waals surface area contributed by atoms with Crippen molar-refractivity contribution in [2.75, 3.05) is 41.0 Å². The van der Waals surface area contributed by atoms with Crippen molar-refractivity contribution in [1.29, 1.82) is 0 Å². The van der Waals surface area contributed by atoms with Gasteiger partial charge in [0.05, 0.1) is 26.2 Å². The second-order valence-corrected chi connectivity index (χ2v) is 8.31. The van der Waals surface area contributed by atoms with Gasteiger partial charge in [-0.1, -0.05) is 12.5 Å². The zero-order valence-corrected chi connectivity index (χ0v) is 19.0. The number of thiophene rings is 1. The highest BCUT2D eigenvalue weighted by Gasteiger charge is 2.30. The first-order valence-electron chi connectivity index (χ1n) is 10.4. The van der Waals surface area contributed by atoms with Crippen LogP contribution >= 0.6 is 11.3 Å². The molecule has 1 aliphatic rings. The standard InChI is InChI=1S/C23H29NO6S/c1-27-16-14-18(28-2)21(19(15-16)29-3)23(26)30-22(20-8-7-13-31-20)17(25)9-12-24-10-5-4-6-11-24/h7-8,13-15,22H,4-6,9-12H2,1-3H3. The van der Waals surface area contributed by atoms with Crippen LogP contribution in [0.15, 0.2) is 29.6 Å². The molecular formula is C23H29NO6S. The van der Waals surface area contributed by atoms with Gasteiger partial charge in [-0.05, 0) is 37.4 Å². The number of ketones is 1. The molecule has 0 N–H and O–H groups in total. The van der Waals surface area contributed by atoms with Crippen LogP contribution < -0.4 is 14.2 Å². The molecule has 0 radical (unpaired) electrons. The minimum atomic E-state index is -0.964. The first kappa shape index (κ1) is 23.1. The minimum absolute atomic E-state index is 0.118. The smallest absolute Gasteiger partial charge is 0.346 e. The quantitative estimate of drug-likeness (QED) is 0.507. The lowest BCUT2D eigenvalue weighted by Gasteiger charge is -2.26. The Balaban J connectivity index is 1.80. The summed E-state index contributed by atoms with van der Waals surface area (Å²) in [6.45, 7) is 2.70. The average Bonchev–Trinajstić information content (AvgIpc) is 3.35. The lowest BCUT2D eigenvalue weighted by molar-refractivity contribution is -0.128. The molecule has 1 unspecified atom stereocenters. The number of ether oxygens (including phenoxy) is 4. The molecule has 168 valence electrons. The third kappa shape index (κ3) is 5.77. The summed E-state index contributed by atoms with van der Waals surface area (Å²) in [4.78, 5) is 29.2. The van der Waals surface area contributed by atoms with Gasteiger partial charge >= 0.3 is 5.97 Å². The Morgan fingerprint density at radius 1 is 1.03 bits per heavy atom. The molecule has 0 saturated carbocycles. The summed E-state index contributed by atoms with van der Waals surface area (Å²) in [5.74, 6) is 0.199. The maximum Gasteiger partial charge on any atom is 0.346 e. The van der Waals surface area contributed by atoms with Gasteiger partial charge in [0.1, 0.15) is 22.8 Å². The molecule has 1 aromatic heterocycles. The lowest BCUT2D eigenvalue weighted by atomic mass is 10.1. The van der Waals surface area contributed by atoms with E-state index >= 15 is 0 Å². The number of esters is 1. The van der Waals surface area contributed by atoms with Crippen LogP contribution in [0.25, 0.3) is 0 Å². The zero-order chi connectivity index (χ0) is 22.2. The number of carbonyl (C=O) groups is 2. The molecule has 1 saturated heterocycles. The van der Waals surface area contributed by atoms with Crippen LogP contribution in [0, 0.1) is 0 Å². The van der Waals surface area contributed by atoms with Crippen LogP contribution in [0.3, 0.4) is 0 Å². The summed E-state index contributed by atoms with van der Waals surface area (Å²) in [6, 6.07) is 6.81. The third-order valence-electron chi connectivity index (χ3n) is 5.36. The molecule has 0 amide bonds. The van der Waals surface area contributed by atoms with E-state index in [-0.39, 0.29) is 22.8 Å². The third-order valence-corrected chi connectivity index (χ3v) is 6.28. The second-order valence-electron chi connectivity index (χ2n) is 7.33. The number of hydrogen-bond acceptors (Lipinski definition) is 8. The van der Waals surface area contributed by atoms with Crippen molar-refractivity contribution in [3.05, 3.63) is 40.1 Å². The van der Waals surface area contributed by atoms with E-state index in [1.54, 1.807) is 12.1 Å². The molecule has 8 heteroatoms. The normalized spacial score (nSPS) is 15.2. The summed E-state index contributed by atoms with van der Waals surface area (Å²) in [5, 5.41) is 1.86. The Morgan fingerprint density at radius 2 is 1.71 bits per heavy atom. The van der Waals surface area contributed by atoms with Gasteiger partial charge in [0.15, 0.2) is 11.9 Å². The van der Waals surface area contributed by atoms with Gasteiger partial charge in [0.25, 0.3) is 0 Å². The van der Waals surface area contributed by atoms with Gasteiger partial charge in [-0.25, -0.2) is 4.79 Å². The van der Waals surface area contributed by atoms with Crippen molar-refractivity contribution in [3.63, 3.8) is 0 Å². The van der Waals surface area contributed by atoms with E-state index in [2.05, 4.69) is 4.90 Å². The van der Waals surface area contributed by atoms with Crippen molar-refractivity contribution < 1.29 is 28.5 Å². The highest BCUT2D eigenvalue weighted by atomic mass is 32.1. The van der Waals surface area contributed by atoms with Crippen LogP contribution in [0.5, 0.6) is 17.2 Å². The van der Waals surface area contributed by atoms with Crippen molar-refractivity contribution in [3.8, 4) is 17.2 Å². The fraction of sp³-hybridized carbons (Fsp3) is 0.478. The van der Waals surface area contributed by atoms with Crippen LogP contribution in [0.4, 0.5) is 0 Å². The highest BCUT2D eigenvalue weighted by molar-refractivity contribution is 7.10. The number of carbonyl (C=O) groups excluding carboxylic acids is 2. The van der Waals surface area contributed by atoms with Gasteiger partial charge in [-0.3, -0.25) is 4.79 Å². The number of nitrogens with zero attached hydrogens (tertiary/aromatic N) is 1. The van der Waals surface area contributed by atoms with E-state index in [0.717, 1.165) is 25.9 Å². The summed E-state index contributed by atoms with van der Waals surface area (Å²) in [7, 11) is 4.41. The molecule has 2 aromatic rings. The monoisotopic (exact) mass is 447 g/mol. The number of rotatable bonds is 10. The Bertz CT molecular complexity index is 851. The molecule has 0 bridgehead atoms. The summed E-state index contributed by atoms with van der Waals surface area (Å²) in [5.41, 5.74) is 0.121. The van der Waals surface area contributed by atoms with Gasteiger partial charge in [0.2, 0.25) is 0 Å². The number of likely N-dealkylation sites (tertiary alicyclic amines) is 1. The minimum Gasteiger partial charge on any atom is -0.496 e. The fourth-order valence-electron chi connectivity index (χ4n) is 3.68. The maximum atomic E-state index is 13.1. The molecule has 2 heterocycles. The number of benzene rings is 1. The molecule has 1 fully saturated rings. The van der Waals surface area contributed by atoms with Crippen LogP contribution in [0.2, 0.25) is 0 Å². The number of Topliss-reactive ketones (excluding diaryl/α,β-unsaturated/α-hetero) is 1. The Labute approximate surface area is 186 Å². The second kappa shape index (κ2) is 11.2. The van der Waals surface area contributed by atoms with Gasteiger partial charge in [-0.2, -0.15) is 0 Å². The lowest BCUT2D eigenvalue weighted by Crippen LogP contribution is -2.32. The average molecular weight is 448 g/mol. The summed E-state index contributed by atoms with van der Waals surface area (Å²) >= 11 is 1.39. The molecule has 31 heavy (non-hydrogen) atoms. The van der Waals surface area contributed by atoms with Crippen molar-refractivity contribution >= 4 is 23.1 Å². The van der Waals surface area contributed by atoms with E-state index in [1.165, 1.54) is 39.1 Å². The molecule has 0 spiro atoms. The first-order chi connectivity index (χ1) is 15.1. The van der Waals surface area contributed by atoms with Crippen molar-refractivity contribution in [2.45, 2.75) is 31.8 Å². The molecule has 1 aliphatic heterocycles. The number of hydrogen-bond donors (Lipinski definition) is 0. The topological polar surface area (TPSA) is 74.3 Å². The van der Waals surface area contributed by atoms with Gasteiger partial charge < -0.3 is 23.8 Å². The highest BCUT2D eigenvalue weighted by Crippen LogP contribution is 2.36. The number of methoxy groups -OCH3 is 3. The Hall–Kier alpha value is -2.58. The zero-order valence-electron chi connectivity index (χ0n) is 18.2. The van der Waals surface area contributed by atoms with E-state index < -0.39 is 12.1 Å². The van der Waals surface area contributed by atoms with Crippen LogP contribution in [0.1, 0.15) is 47.0 Å². The predicted octanol–water partition coefficient (Wildman–Crippen LogP) is 4.12. The van der Waals surface area contributed by atoms with E-state index in [1.807, 2.05) is 17.5 Å². The van der Waals surface area contributed by atoms with Gasteiger partial charge in [-0.15, -0.1) is 11.3 Å². The number of piperidine rings is 1. The van der Waals surface area contributed by atoms with E-state index in [4.69, 9.17) is 18.9 Å². The molecule has 1 aromatic carbocycles. The maximum absolute atomic E-state index is 13.1. The predicted molar refractivity (Wildman–Crippen MR) is 118 cm³/mol. The Morgan fingerprint density at radius 3 is 2.26 bits per heavy atom. The molecule has 3 rings (SSSR count). The summed E-state index contributed by atoms with van der Waals surface area (Å²) in [6.07, 6.45) is 2.93. The Kier molecular flexibility index (Phi) is 8.31. The van der Waals surface area contributed by atoms with Crippen LogP contribution in [-0.4, -0.2) is 57.6 Å². The van der Waals surface area contributed by atoms with E-state index in [9.17, 15) is 9.59 Å². The van der Waals surface area contributed by atoms with E-state index in [0.29, 0.717) is 23.6 Å². The molecular weight excluding hydrogens is 418 g/mol. The summed E-state index contributed by atoms with van der Waals surface area (Å²) < 4.78 is 21.7. The largest absolute Gasteiger partial charge is 0.496 e. The van der Waals surface area contributed by atoms with Crippen LogP contribution in [-0.2, 0) is 9.53 Å². The van der Waals surface area contributed by atoms with Crippen molar-refractivity contribution in [2.24, 2.45) is 0 Å². The molecule has 1 atom stereocenters. The fourth-order valence-corrected chi connectivity index (χ4v) is 4.45.